The van der Waals surface area contributed by atoms with Crippen LogP contribution in [0, 0.1) is 0 Å². The van der Waals surface area contributed by atoms with Gasteiger partial charge in [-0.15, -0.1) is 5.10 Å². The van der Waals surface area contributed by atoms with Crippen LogP contribution in [-0.2, 0) is 6.54 Å². The van der Waals surface area contributed by atoms with Crippen LogP contribution < -0.4 is 9.47 Å². The van der Waals surface area contributed by atoms with E-state index in [0.29, 0.717) is 18.0 Å². The van der Waals surface area contributed by atoms with Crippen LogP contribution in [0.2, 0.25) is 0 Å². The summed E-state index contributed by atoms with van der Waals surface area (Å²) in [4.78, 5) is 10.7. The van der Waals surface area contributed by atoms with E-state index in [9.17, 15) is 4.79 Å². The van der Waals surface area contributed by atoms with Crippen LogP contribution in [0.4, 0.5) is 0 Å². The Morgan fingerprint density at radius 2 is 2.16 bits per heavy atom. The van der Waals surface area contributed by atoms with Crippen molar-refractivity contribution < 1.29 is 19.4 Å². The van der Waals surface area contributed by atoms with Gasteiger partial charge in [-0.05, 0) is 18.2 Å². The molecule has 2 aromatic rings. The number of carbonyl (C=O) groups is 1. The molecular formula is C12H13N3O4. The van der Waals surface area contributed by atoms with Crippen molar-refractivity contribution in [2.24, 2.45) is 0 Å². The summed E-state index contributed by atoms with van der Waals surface area (Å²) in [6.07, 6.45) is 1.36. The van der Waals surface area contributed by atoms with E-state index in [1.807, 2.05) is 0 Å². The Balaban J connectivity index is 2.27. The van der Waals surface area contributed by atoms with Crippen molar-refractivity contribution in [2.45, 2.75) is 6.54 Å². The Morgan fingerprint density at radius 3 is 2.74 bits per heavy atom. The molecule has 0 aliphatic rings. The normalized spacial score (nSPS) is 10.2. The molecule has 19 heavy (non-hydrogen) atoms. The Kier molecular flexibility index (Phi) is 3.65. The molecule has 0 aliphatic carbocycles. The summed E-state index contributed by atoms with van der Waals surface area (Å²) >= 11 is 0. The van der Waals surface area contributed by atoms with Crippen LogP contribution in [0.3, 0.4) is 0 Å². The van der Waals surface area contributed by atoms with Crippen LogP contribution in [-0.4, -0.2) is 40.3 Å². The third-order valence-electron chi connectivity index (χ3n) is 2.58. The minimum atomic E-state index is -1.11. The molecule has 0 radical (unpaired) electrons. The number of carboxylic acid groups (broad SMARTS) is 1. The minimum absolute atomic E-state index is 0.0955. The zero-order valence-electron chi connectivity index (χ0n) is 10.5. The molecular weight excluding hydrogens is 250 g/mol. The van der Waals surface area contributed by atoms with Gasteiger partial charge in [0.25, 0.3) is 0 Å². The molecule has 0 amide bonds. The van der Waals surface area contributed by atoms with Crippen molar-refractivity contribution in [1.29, 1.82) is 0 Å². The standard InChI is InChI=1S/C12H13N3O4/c1-18-9-3-4-11(19-2)8(5-9)6-15-7-10(12(16)17)13-14-15/h3-5,7H,6H2,1-2H3,(H,16,17). The average Bonchev–Trinajstić information content (AvgIpc) is 2.87. The number of ether oxygens (including phenoxy) is 2. The van der Waals surface area contributed by atoms with Crippen molar-refractivity contribution >= 4 is 5.97 Å². The molecule has 0 fully saturated rings. The van der Waals surface area contributed by atoms with E-state index in [1.54, 1.807) is 32.4 Å². The number of benzene rings is 1. The topological polar surface area (TPSA) is 86.5 Å². The van der Waals surface area contributed by atoms with Crippen molar-refractivity contribution in [1.82, 2.24) is 15.0 Å². The zero-order valence-corrected chi connectivity index (χ0v) is 10.5. The van der Waals surface area contributed by atoms with Crippen molar-refractivity contribution in [3.8, 4) is 11.5 Å². The van der Waals surface area contributed by atoms with E-state index in [0.717, 1.165) is 5.56 Å². The number of rotatable bonds is 5. The fourth-order valence-corrected chi connectivity index (χ4v) is 1.65. The lowest BCUT2D eigenvalue weighted by molar-refractivity contribution is 0.0690. The van der Waals surface area contributed by atoms with E-state index in [2.05, 4.69) is 10.3 Å². The third-order valence-corrected chi connectivity index (χ3v) is 2.58. The second-order valence-corrected chi connectivity index (χ2v) is 3.78. The summed E-state index contributed by atoms with van der Waals surface area (Å²) in [6, 6.07) is 5.37. The summed E-state index contributed by atoms with van der Waals surface area (Å²) in [6.45, 7) is 0.348. The van der Waals surface area contributed by atoms with Crippen LogP contribution in [0.15, 0.2) is 24.4 Å². The summed E-state index contributed by atoms with van der Waals surface area (Å²) in [5, 5.41) is 16.1. The highest BCUT2D eigenvalue weighted by Crippen LogP contribution is 2.24. The molecule has 0 saturated heterocycles. The van der Waals surface area contributed by atoms with Gasteiger partial charge in [-0.2, -0.15) is 0 Å². The van der Waals surface area contributed by atoms with Crippen LogP contribution in [0.5, 0.6) is 11.5 Å². The molecule has 0 atom stereocenters. The highest BCUT2D eigenvalue weighted by atomic mass is 16.5. The summed E-state index contributed by atoms with van der Waals surface area (Å²) < 4.78 is 11.8. The van der Waals surface area contributed by atoms with Gasteiger partial charge in [0.15, 0.2) is 5.69 Å². The monoisotopic (exact) mass is 263 g/mol. The third kappa shape index (κ3) is 2.82. The Labute approximate surface area is 109 Å². The van der Waals surface area contributed by atoms with Gasteiger partial charge in [0, 0.05) is 5.56 Å². The first kappa shape index (κ1) is 12.9. The van der Waals surface area contributed by atoms with Crippen molar-refractivity contribution in [3.05, 3.63) is 35.7 Å². The molecule has 1 N–H and O–H groups in total. The Morgan fingerprint density at radius 1 is 1.37 bits per heavy atom. The molecule has 1 heterocycles. The summed E-state index contributed by atoms with van der Waals surface area (Å²) in [5.74, 6) is 0.256. The summed E-state index contributed by atoms with van der Waals surface area (Å²) in [5.41, 5.74) is 0.727. The minimum Gasteiger partial charge on any atom is -0.497 e. The number of aromatic nitrogens is 3. The molecule has 0 bridgehead atoms. The molecule has 7 nitrogen and oxygen atoms in total. The Bertz CT molecular complexity index is 594. The van der Waals surface area contributed by atoms with E-state index in [-0.39, 0.29) is 5.69 Å². The largest absolute Gasteiger partial charge is 0.497 e. The van der Waals surface area contributed by atoms with Gasteiger partial charge in [-0.25, -0.2) is 9.48 Å². The van der Waals surface area contributed by atoms with Gasteiger partial charge in [0.2, 0.25) is 0 Å². The quantitative estimate of drug-likeness (QED) is 0.867. The predicted octanol–water partition coefficient (Wildman–Crippen LogP) is 1.04. The molecule has 0 aliphatic heterocycles. The average molecular weight is 263 g/mol. The fourth-order valence-electron chi connectivity index (χ4n) is 1.65. The van der Waals surface area contributed by atoms with Gasteiger partial charge in [0.05, 0.1) is 27.0 Å². The first-order valence-electron chi connectivity index (χ1n) is 5.48. The first-order valence-corrected chi connectivity index (χ1v) is 5.48. The first-order chi connectivity index (χ1) is 9.13. The number of hydrogen-bond acceptors (Lipinski definition) is 5. The van der Waals surface area contributed by atoms with Crippen LogP contribution >= 0.6 is 0 Å². The molecule has 0 saturated carbocycles. The number of carboxylic acids is 1. The number of nitrogens with zero attached hydrogens (tertiary/aromatic N) is 3. The molecule has 1 aromatic heterocycles. The zero-order chi connectivity index (χ0) is 13.8. The molecule has 0 unspecified atom stereocenters. The number of hydrogen-bond donors (Lipinski definition) is 1. The molecule has 2 rings (SSSR count). The molecule has 100 valence electrons. The lowest BCUT2D eigenvalue weighted by atomic mass is 10.2. The molecule has 7 heteroatoms. The second-order valence-electron chi connectivity index (χ2n) is 3.78. The number of aromatic carboxylic acids is 1. The SMILES string of the molecule is COc1ccc(OC)c(Cn2cc(C(=O)O)nn2)c1. The lowest BCUT2D eigenvalue weighted by Gasteiger charge is -2.10. The molecule has 1 aromatic carbocycles. The van der Waals surface area contributed by atoms with Gasteiger partial charge in [-0.3, -0.25) is 0 Å². The summed E-state index contributed by atoms with van der Waals surface area (Å²) in [7, 11) is 3.14. The smallest absolute Gasteiger partial charge is 0.358 e. The number of methoxy groups -OCH3 is 2. The van der Waals surface area contributed by atoms with Crippen LogP contribution in [0.25, 0.3) is 0 Å². The van der Waals surface area contributed by atoms with E-state index in [4.69, 9.17) is 14.6 Å². The maximum absolute atomic E-state index is 10.7. The van der Waals surface area contributed by atoms with E-state index in [1.165, 1.54) is 10.9 Å². The maximum Gasteiger partial charge on any atom is 0.358 e. The van der Waals surface area contributed by atoms with E-state index >= 15 is 0 Å². The predicted molar refractivity (Wildman–Crippen MR) is 65.6 cm³/mol. The van der Waals surface area contributed by atoms with Crippen molar-refractivity contribution in [3.63, 3.8) is 0 Å². The maximum atomic E-state index is 10.7. The highest BCUT2D eigenvalue weighted by molar-refractivity contribution is 5.84. The van der Waals surface area contributed by atoms with E-state index < -0.39 is 5.97 Å². The van der Waals surface area contributed by atoms with Gasteiger partial charge in [-0.1, -0.05) is 5.21 Å². The van der Waals surface area contributed by atoms with Gasteiger partial charge < -0.3 is 14.6 Å². The fraction of sp³-hybridized carbons (Fsp3) is 0.250. The van der Waals surface area contributed by atoms with Crippen molar-refractivity contribution in [2.75, 3.05) is 14.2 Å². The lowest BCUT2D eigenvalue weighted by Crippen LogP contribution is -2.03. The second kappa shape index (κ2) is 5.38. The van der Waals surface area contributed by atoms with Gasteiger partial charge in [0.1, 0.15) is 11.5 Å². The van der Waals surface area contributed by atoms with Gasteiger partial charge >= 0.3 is 5.97 Å². The molecule has 0 spiro atoms. The van der Waals surface area contributed by atoms with Crippen LogP contribution in [0.1, 0.15) is 16.1 Å². The highest BCUT2D eigenvalue weighted by Gasteiger charge is 2.11. The Hall–Kier alpha value is -2.57.